The smallest absolute Gasteiger partial charge is 0.197 e. The first-order valence-electron chi connectivity index (χ1n) is 6.83. The van der Waals surface area contributed by atoms with Crippen LogP contribution in [0.3, 0.4) is 0 Å². The standard InChI is InChI=1S/C16H20FN3O2/c1-20(2)12-7-8-18-14(9-12)19-10-11-5-6-13(21-3)16(22-4)15(11)17/h5-9H,10H2,1-4H3,(H,18,19). The second kappa shape index (κ2) is 6.98. The lowest BCUT2D eigenvalue weighted by atomic mass is 10.2. The van der Waals surface area contributed by atoms with E-state index in [9.17, 15) is 4.39 Å². The van der Waals surface area contributed by atoms with Crippen LogP contribution in [0.5, 0.6) is 11.5 Å². The molecule has 2 aromatic rings. The van der Waals surface area contributed by atoms with E-state index in [1.807, 2.05) is 31.1 Å². The van der Waals surface area contributed by atoms with Gasteiger partial charge in [-0.15, -0.1) is 0 Å². The third-order valence-corrected chi connectivity index (χ3v) is 3.28. The zero-order chi connectivity index (χ0) is 16.1. The van der Waals surface area contributed by atoms with E-state index in [0.29, 0.717) is 23.7 Å². The molecule has 1 aromatic carbocycles. The third kappa shape index (κ3) is 3.39. The molecule has 0 bridgehead atoms. The first-order valence-corrected chi connectivity index (χ1v) is 6.83. The van der Waals surface area contributed by atoms with E-state index < -0.39 is 5.82 Å². The highest BCUT2D eigenvalue weighted by Crippen LogP contribution is 2.32. The van der Waals surface area contributed by atoms with Crippen LogP contribution in [0.4, 0.5) is 15.9 Å². The third-order valence-electron chi connectivity index (χ3n) is 3.28. The average molecular weight is 305 g/mol. The zero-order valence-electron chi connectivity index (χ0n) is 13.2. The molecular weight excluding hydrogens is 285 g/mol. The second-order valence-corrected chi connectivity index (χ2v) is 4.92. The first-order chi connectivity index (χ1) is 10.6. The summed E-state index contributed by atoms with van der Waals surface area (Å²) in [6.45, 7) is 0.302. The van der Waals surface area contributed by atoms with Crippen molar-refractivity contribution in [2.45, 2.75) is 6.54 Å². The molecule has 5 nitrogen and oxygen atoms in total. The Kier molecular flexibility index (Phi) is 5.04. The number of ether oxygens (including phenoxy) is 2. The van der Waals surface area contributed by atoms with Crippen molar-refractivity contribution in [3.63, 3.8) is 0 Å². The van der Waals surface area contributed by atoms with Gasteiger partial charge in [-0.05, 0) is 12.1 Å². The number of hydrogen-bond donors (Lipinski definition) is 1. The Morgan fingerprint density at radius 1 is 1.18 bits per heavy atom. The molecule has 0 aliphatic rings. The SMILES string of the molecule is COc1ccc(CNc2cc(N(C)C)ccn2)c(F)c1OC. The minimum atomic E-state index is -0.432. The van der Waals surface area contributed by atoms with Gasteiger partial charge in [-0.2, -0.15) is 0 Å². The van der Waals surface area contributed by atoms with Gasteiger partial charge in [-0.1, -0.05) is 6.07 Å². The van der Waals surface area contributed by atoms with Crippen molar-refractivity contribution in [1.29, 1.82) is 0 Å². The Morgan fingerprint density at radius 3 is 2.59 bits per heavy atom. The van der Waals surface area contributed by atoms with E-state index in [4.69, 9.17) is 9.47 Å². The maximum absolute atomic E-state index is 14.4. The van der Waals surface area contributed by atoms with Crippen molar-refractivity contribution in [3.05, 3.63) is 41.8 Å². The lowest BCUT2D eigenvalue weighted by Crippen LogP contribution is -2.10. The molecule has 22 heavy (non-hydrogen) atoms. The van der Waals surface area contributed by atoms with Gasteiger partial charge in [0.25, 0.3) is 0 Å². The number of aromatic nitrogens is 1. The molecule has 0 saturated heterocycles. The molecule has 118 valence electrons. The summed E-state index contributed by atoms with van der Waals surface area (Å²) >= 11 is 0. The minimum absolute atomic E-state index is 0.108. The average Bonchev–Trinajstić information content (AvgIpc) is 2.53. The fraction of sp³-hybridized carbons (Fsp3) is 0.312. The van der Waals surface area contributed by atoms with Gasteiger partial charge in [0.05, 0.1) is 14.2 Å². The van der Waals surface area contributed by atoms with Gasteiger partial charge in [-0.3, -0.25) is 0 Å². The van der Waals surface area contributed by atoms with Crippen LogP contribution in [-0.4, -0.2) is 33.3 Å². The number of nitrogens with one attached hydrogen (secondary N) is 1. The number of benzene rings is 1. The molecule has 0 radical (unpaired) electrons. The summed E-state index contributed by atoms with van der Waals surface area (Å²) in [5.74, 6) is 0.729. The molecule has 0 unspecified atom stereocenters. The van der Waals surface area contributed by atoms with E-state index in [1.54, 1.807) is 18.3 Å². The number of methoxy groups -OCH3 is 2. The largest absolute Gasteiger partial charge is 0.493 e. The van der Waals surface area contributed by atoms with Gasteiger partial charge in [0.15, 0.2) is 17.3 Å². The lowest BCUT2D eigenvalue weighted by molar-refractivity contribution is 0.336. The van der Waals surface area contributed by atoms with Crippen molar-refractivity contribution in [2.75, 3.05) is 38.5 Å². The summed E-state index contributed by atoms with van der Waals surface area (Å²) in [5, 5.41) is 3.11. The van der Waals surface area contributed by atoms with Crippen molar-refractivity contribution >= 4 is 11.5 Å². The number of anilines is 2. The van der Waals surface area contributed by atoms with Crippen LogP contribution in [0.2, 0.25) is 0 Å². The number of hydrogen-bond acceptors (Lipinski definition) is 5. The number of nitrogens with zero attached hydrogens (tertiary/aromatic N) is 2. The summed E-state index contributed by atoms with van der Waals surface area (Å²) in [6, 6.07) is 7.16. The summed E-state index contributed by atoms with van der Waals surface area (Å²) in [6.07, 6.45) is 1.71. The summed E-state index contributed by atoms with van der Waals surface area (Å²) in [5.41, 5.74) is 1.50. The molecule has 0 spiro atoms. The number of pyridine rings is 1. The Hall–Kier alpha value is -2.50. The maximum Gasteiger partial charge on any atom is 0.197 e. The molecule has 0 atom stereocenters. The van der Waals surface area contributed by atoms with Gasteiger partial charge in [0, 0.05) is 44.2 Å². The monoisotopic (exact) mass is 305 g/mol. The van der Waals surface area contributed by atoms with Gasteiger partial charge in [0.1, 0.15) is 5.82 Å². The van der Waals surface area contributed by atoms with Gasteiger partial charge < -0.3 is 19.7 Å². The summed E-state index contributed by atoms with van der Waals surface area (Å²) in [7, 11) is 6.80. The van der Waals surface area contributed by atoms with Crippen molar-refractivity contribution < 1.29 is 13.9 Å². The van der Waals surface area contributed by atoms with E-state index in [-0.39, 0.29) is 5.75 Å². The van der Waals surface area contributed by atoms with Crippen molar-refractivity contribution in [3.8, 4) is 11.5 Å². The predicted octanol–water partition coefficient (Wildman–Crippen LogP) is 2.92. The number of halogens is 1. The molecule has 1 aromatic heterocycles. The Bertz CT molecular complexity index is 647. The topological polar surface area (TPSA) is 46.6 Å². The van der Waals surface area contributed by atoms with Crippen LogP contribution in [-0.2, 0) is 6.54 Å². The fourth-order valence-electron chi connectivity index (χ4n) is 2.05. The highest BCUT2D eigenvalue weighted by molar-refractivity contribution is 5.53. The Labute approximate surface area is 129 Å². The van der Waals surface area contributed by atoms with Crippen LogP contribution in [0.25, 0.3) is 0 Å². The molecule has 0 aliphatic carbocycles. The molecular formula is C16H20FN3O2. The van der Waals surface area contributed by atoms with Gasteiger partial charge in [0.2, 0.25) is 0 Å². The van der Waals surface area contributed by atoms with Crippen molar-refractivity contribution in [2.24, 2.45) is 0 Å². The van der Waals surface area contributed by atoms with E-state index in [1.165, 1.54) is 14.2 Å². The molecule has 0 saturated carbocycles. The van der Waals surface area contributed by atoms with Crippen molar-refractivity contribution in [1.82, 2.24) is 4.98 Å². The predicted molar refractivity (Wildman–Crippen MR) is 85.4 cm³/mol. The summed E-state index contributed by atoms with van der Waals surface area (Å²) < 4.78 is 24.5. The molecule has 2 rings (SSSR count). The van der Waals surface area contributed by atoms with Gasteiger partial charge >= 0.3 is 0 Å². The Morgan fingerprint density at radius 2 is 1.95 bits per heavy atom. The van der Waals surface area contributed by atoms with Crippen LogP contribution >= 0.6 is 0 Å². The second-order valence-electron chi connectivity index (χ2n) is 4.92. The molecule has 0 aliphatic heterocycles. The van der Waals surface area contributed by atoms with Gasteiger partial charge in [-0.25, -0.2) is 9.37 Å². The number of rotatable bonds is 6. The molecule has 0 amide bonds. The van der Waals surface area contributed by atoms with Crippen LogP contribution in [0.1, 0.15) is 5.56 Å². The Balaban J connectivity index is 2.16. The fourth-order valence-corrected chi connectivity index (χ4v) is 2.05. The quantitative estimate of drug-likeness (QED) is 0.889. The maximum atomic E-state index is 14.4. The van der Waals surface area contributed by atoms with E-state index in [2.05, 4.69) is 10.3 Å². The van der Waals surface area contributed by atoms with Crippen LogP contribution in [0.15, 0.2) is 30.5 Å². The highest BCUT2D eigenvalue weighted by Gasteiger charge is 2.14. The highest BCUT2D eigenvalue weighted by atomic mass is 19.1. The van der Waals surface area contributed by atoms with Crippen LogP contribution in [0, 0.1) is 5.82 Å². The van der Waals surface area contributed by atoms with Crippen LogP contribution < -0.4 is 19.7 Å². The molecule has 1 heterocycles. The molecule has 1 N–H and O–H groups in total. The zero-order valence-corrected chi connectivity index (χ0v) is 13.2. The van der Waals surface area contributed by atoms with E-state index in [0.717, 1.165) is 5.69 Å². The molecule has 0 fully saturated rings. The molecule has 6 heteroatoms. The lowest BCUT2D eigenvalue weighted by Gasteiger charge is -2.15. The first kappa shape index (κ1) is 15.9. The normalized spacial score (nSPS) is 10.2. The summed E-state index contributed by atoms with van der Waals surface area (Å²) in [4.78, 5) is 6.20. The van der Waals surface area contributed by atoms with E-state index >= 15 is 0 Å². The minimum Gasteiger partial charge on any atom is -0.493 e.